The molecule has 3 nitrogen and oxygen atoms in total. The zero-order chi connectivity index (χ0) is 13.3. The van der Waals surface area contributed by atoms with Crippen LogP contribution in [0.4, 0.5) is 5.69 Å². The SMILES string of the molecule is COc1cc(Br)c(C)cc1N1CC(CCl)CC1=O. The molecule has 2 rings (SSSR count). The van der Waals surface area contributed by atoms with Crippen molar-refractivity contribution >= 4 is 39.1 Å². The normalized spacial score (nSPS) is 19.4. The fraction of sp³-hybridized carbons (Fsp3) is 0.462. The first-order valence-corrected chi connectivity index (χ1v) is 7.10. The first-order chi connectivity index (χ1) is 8.56. The van der Waals surface area contributed by atoms with Crippen LogP contribution in [-0.2, 0) is 4.79 Å². The van der Waals surface area contributed by atoms with Crippen LogP contribution in [0.2, 0.25) is 0 Å². The van der Waals surface area contributed by atoms with Crippen molar-refractivity contribution < 1.29 is 9.53 Å². The summed E-state index contributed by atoms with van der Waals surface area (Å²) in [6, 6.07) is 3.86. The Morgan fingerprint density at radius 2 is 2.28 bits per heavy atom. The Kier molecular flexibility index (Phi) is 4.17. The van der Waals surface area contributed by atoms with Gasteiger partial charge in [0.25, 0.3) is 0 Å². The summed E-state index contributed by atoms with van der Waals surface area (Å²) in [7, 11) is 1.61. The molecule has 1 amide bonds. The molecule has 1 atom stereocenters. The average molecular weight is 333 g/mol. The highest BCUT2D eigenvalue weighted by Gasteiger charge is 2.31. The number of anilines is 1. The molecule has 1 heterocycles. The summed E-state index contributed by atoms with van der Waals surface area (Å²) in [5.74, 6) is 1.56. The Hall–Kier alpha value is -0.740. The van der Waals surface area contributed by atoms with Crippen molar-refractivity contribution in [3.63, 3.8) is 0 Å². The van der Waals surface area contributed by atoms with Gasteiger partial charge in [-0.3, -0.25) is 4.79 Å². The minimum absolute atomic E-state index is 0.112. The van der Waals surface area contributed by atoms with Crippen molar-refractivity contribution in [1.29, 1.82) is 0 Å². The summed E-state index contributed by atoms with van der Waals surface area (Å²) in [5.41, 5.74) is 1.91. The van der Waals surface area contributed by atoms with Crippen LogP contribution in [0.25, 0.3) is 0 Å². The second-order valence-electron chi connectivity index (χ2n) is 4.50. The van der Waals surface area contributed by atoms with Gasteiger partial charge in [-0.2, -0.15) is 0 Å². The van der Waals surface area contributed by atoms with Gasteiger partial charge in [-0.25, -0.2) is 0 Å². The van der Waals surface area contributed by atoms with Crippen molar-refractivity contribution in [2.75, 3.05) is 24.4 Å². The zero-order valence-corrected chi connectivity index (χ0v) is 12.7. The molecule has 0 bridgehead atoms. The van der Waals surface area contributed by atoms with Crippen molar-refractivity contribution in [2.24, 2.45) is 5.92 Å². The monoisotopic (exact) mass is 331 g/mol. The fourth-order valence-corrected chi connectivity index (χ4v) is 2.67. The number of benzene rings is 1. The van der Waals surface area contributed by atoms with Gasteiger partial charge in [-0.1, -0.05) is 15.9 Å². The summed E-state index contributed by atoms with van der Waals surface area (Å²) in [4.78, 5) is 13.8. The highest BCUT2D eigenvalue weighted by molar-refractivity contribution is 9.10. The molecular formula is C13H15BrClNO2. The Bertz CT molecular complexity index is 478. The Morgan fingerprint density at radius 1 is 1.56 bits per heavy atom. The van der Waals surface area contributed by atoms with Gasteiger partial charge < -0.3 is 9.64 Å². The third kappa shape index (κ3) is 2.50. The molecule has 1 aromatic carbocycles. The molecule has 1 aliphatic rings. The number of alkyl halides is 1. The van der Waals surface area contributed by atoms with E-state index in [0.717, 1.165) is 15.7 Å². The molecule has 5 heteroatoms. The lowest BCUT2D eigenvalue weighted by molar-refractivity contribution is -0.117. The predicted molar refractivity (Wildman–Crippen MR) is 76.6 cm³/mol. The molecule has 0 aromatic heterocycles. The third-order valence-corrected chi connectivity index (χ3v) is 4.47. The van der Waals surface area contributed by atoms with E-state index >= 15 is 0 Å². The van der Waals surface area contributed by atoms with Crippen LogP contribution >= 0.6 is 27.5 Å². The van der Waals surface area contributed by atoms with E-state index in [0.29, 0.717) is 24.6 Å². The molecule has 0 spiro atoms. The maximum absolute atomic E-state index is 12.0. The molecular weight excluding hydrogens is 318 g/mol. The molecule has 1 aliphatic heterocycles. The molecule has 0 radical (unpaired) electrons. The number of aryl methyl sites for hydroxylation is 1. The number of nitrogens with zero attached hydrogens (tertiary/aromatic N) is 1. The van der Waals surface area contributed by atoms with Crippen molar-refractivity contribution in [1.82, 2.24) is 0 Å². The molecule has 0 aliphatic carbocycles. The summed E-state index contributed by atoms with van der Waals surface area (Å²) in [6.07, 6.45) is 0.516. The molecule has 1 unspecified atom stereocenters. The molecule has 0 saturated carbocycles. The maximum atomic E-state index is 12.0. The third-order valence-electron chi connectivity index (χ3n) is 3.17. The fourth-order valence-electron chi connectivity index (χ4n) is 2.14. The van der Waals surface area contributed by atoms with Crippen LogP contribution in [0.15, 0.2) is 16.6 Å². The van der Waals surface area contributed by atoms with Gasteiger partial charge >= 0.3 is 0 Å². The molecule has 1 saturated heterocycles. The van der Waals surface area contributed by atoms with Crippen LogP contribution in [0.3, 0.4) is 0 Å². The molecule has 1 fully saturated rings. The average Bonchev–Trinajstić information content (AvgIpc) is 2.73. The number of halogens is 2. The summed E-state index contributed by atoms with van der Waals surface area (Å²) < 4.78 is 6.33. The number of hydrogen-bond acceptors (Lipinski definition) is 2. The largest absolute Gasteiger partial charge is 0.495 e. The van der Waals surface area contributed by atoms with E-state index in [2.05, 4.69) is 15.9 Å². The lowest BCUT2D eigenvalue weighted by Crippen LogP contribution is -2.25. The van der Waals surface area contributed by atoms with Crippen LogP contribution in [-0.4, -0.2) is 25.4 Å². The lowest BCUT2D eigenvalue weighted by atomic mass is 10.1. The van der Waals surface area contributed by atoms with Gasteiger partial charge in [0, 0.05) is 23.3 Å². The second-order valence-corrected chi connectivity index (χ2v) is 5.66. The standard InChI is InChI=1S/C13H15BrClNO2/c1-8-3-11(12(18-2)5-10(8)14)16-7-9(6-15)4-13(16)17/h3,5,9H,4,6-7H2,1-2H3. The Labute approximate surface area is 120 Å². The van der Waals surface area contributed by atoms with E-state index in [-0.39, 0.29) is 11.8 Å². The minimum atomic E-state index is 0.112. The van der Waals surface area contributed by atoms with Crippen LogP contribution in [0, 0.1) is 12.8 Å². The predicted octanol–water partition coefficient (Wildman–Crippen LogP) is 3.36. The van der Waals surface area contributed by atoms with E-state index in [1.807, 2.05) is 19.1 Å². The van der Waals surface area contributed by atoms with Gasteiger partial charge in [0.15, 0.2) is 0 Å². The summed E-state index contributed by atoms with van der Waals surface area (Å²) >= 11 is 9.30. The second kappa shape index (κ2) is 5.49. The van der Waals surface area contributed by atoms with Crippen LogP contribution in [0.5, 0.6) is 5.75 Å². The van der Waals surface area contributed by atoms with Crippen molar-refractivity contribution in [3.05, 3.63) is 22.2 Å². The Morgan fingerprint density at radius 3 is 2.83 bits per heavy atom. The topological polar surface area (TPSA) is 29.5 Å². The number of amides is 1. The van der Waals surface area contributed by atoms with Gasteiger partial charge in [0.1, 0.15) is 5.75 Å². The van der Waals surface area contributed by atoms with E-state index < -0.39 is 0 Å². The Balaban J connectivity index is 2.38. The van der Waals surface area contributed by atoms with Gasteiger partial charge in [-0.05, 0) is 30.5 Å². The molecule has 98 valence electrons. The molecule has 1 aromatic rings. The van der Waals surface area contributed by atoms with E-state index in [1.165, 1.54) is 0 Å². The highest BCUT2D eigenvalue weighted by Crippen LogP contribution is 2.37. The van der Waals surface area contributed by atoms with E-state index in [9.17, 15) is 4.79 Å². The number of methoxy groups -OCH3 is 1. The van der Waals surface area contributed by atoms with Crippen molar-refractivity contribution in [3.8, 4) is 5.75 Å². The van der Waals surface area contributed by atoms with E-state index in [4.69, 9.17) is 16.3 Å². The highest BCUT2D eigenvalue weighted by atomic mass is 79.9. The van der Waals surface area contributed by atoms with E-state index in [1.54, 1.807) is 12.0 Å². The zero-order valence-electron chi connectivity index (χ0n) is 10.4. The molecule has 0 N–H and O–H groups in total. The van der Waals surface area contributed by atoms with Gasteiger partial charge in [-0.15, -0.1) is 11.6 Å². The molecule has 18 heavy (non-hydrogen) atoms. The number of carbonyl (C=O) groups is 1. The smallest absolute Gasteiger partial charge is 0.227 e. The summed E-state index contributed by atoms with van der Waals surface area (Å²) in [6.45, 7) is 2.66. The van der Waals surface area contributed by atoms with Gasteiger partial charge in [0.05, 0.1) is 12.8 Å². The number of ether oxygens (including phenoxy) is 1. The number of hydrogen-bond donors (Lipinski definition) is 0. The van der Waals surface area contributed by atoms with Gasteiger partial charge in [0.2, 0.25) is 5.91 Å². The van der Waals surface area contributed by atoms with Crippen LogP contribution in [0.1, 0.15) is 12.0 Å². The lowest BCUT2D eigenvalue weighted by Gasteiger charge is -2.20. The minimum Gasteiger partial charge on any atom is -0.495 e. The van der Waals surface area contributed by atoms with Crippen LogP contribution < -0.4 is 9.64 Å². The first kappa shape index (κ1) is 13.7. The first-order valence-electron chi connectivity index (χ1n) is 5.77. The summed E-state index contributed by atoms with van der Waals surface area (Å²) in [5, 5.41) is 0. The maximum Gasteiger partial charge on any atom is 0.227 e. The quantitative estimate of drug-likeness (QED) is 0.794. The van der Waals surface area contributed by atoms with Crippen molar-refractivity contribution in [2.45, 2.75) is 13.3 Å². The number of rotatable bonds is 3. The number of carbonyl (C=O) groups excluding carboxylic acids is 1.